The summed E-state index contributed by atoms with van der Waals surface area (Å²) in [6, 6.07) is 10.6. The van der Waals surface area contributed by atoms with Crippen LogP contribution in [-0.2, 0) is 0 Å². The van der Waals surface area contributed by atoms with E-state index in [9.17, 15) is 0 Å². The zero-order valence-corrected chi connectivity index (χ0v) is 11.0. The molecule has 0 bridgehead atoms. The summed E-state index contributed by atoms with van der Waals surface area (Å²) in [5, 5.41) is 2.27. The summed E-state index contributed by atoms with van der Waals surface area (Å²) in [5.41, 5.74) is 1.73. The molecule has 0 atom stereocenters. The third-order valence-corrected chi connectivity index (χ3v) is 3.46. The number of hydrogen-bond acceptors (Lipinski definition) is 0. The van der Waals surface area contributed by atoms with Gasteiger partial charge < -0.3 is 0 Å². The van der Waals surface area contributed by atoms with Gasteiger partial charge in [0.15, 0.2) is 0 Å². The van der Waals surface area contributed by atoms with Crippen molar-refractivity contribution in [2.24, 2.45) is 0 Å². The third-order valence-electron chi connectivity index (χ3n) is 2.16. The fourth-order valence-corrected chi connectivity index (χ4v) is 2.08. The van der Waals surface area contributed by atoms with Crippen LogP contribution in [0.2, 0.25) is 20.1 Å². The van der Waals surface area contributed by atoms with Gasteiger partial charge in [-0.15, -0.1) is 0 Å². The maximum atomic E-state index is 6.09. The van der Waals surface area contributed by atoms with Crippen molar-refractivity contribution in [3.8, 4) is 11.1 Å². The maximum absolute atomic E-state index is 6.09. The molecule has 0 saturated heterocycles. The van der Waals surface area contributed by atoms with Gasteiger partial charge in [0.25, 0.3) is 0 Å². The Morgan fingerprint density at radius 2 is 1.31 bits per heavy atom. The monoisotopic (exact) mass is 302 g/mol. The van der Waals surface area contributed by atoms with Crippen LogP contribution in [0, 0.1) is 0 Å². The van der Waals surface area contributed by atoms with Crippen molar-refractivity contribution in [2.45, 2.75) is 0 Å². The van der Waals surface area contributed by atoms with Gasteiger partial charge in [-0.1, -0.05) is 52.5 Å². The van der Waals surface area contributed by atoms with Gasteiger partial charge in [-0.3, -0.25) is 0 Å². The Morgan fingerprint density at radius 1 is 0.625 bits per heavy atom. The molecule has 2 rings (SSSR count). The zero-order chi connectivity index (χ0) is 11.7. The first-order valence-electron chi connectivity index (χ1n) is 4.48. The van der Waals surface area contributed by atoms with Crippen LogP contribution < -0.4 is 0 Å². The molecule has 0 amide bonds. The van der Waals surface area contributed by atoms with Crippen LogP contribution in [-0.4, -0.2) is 0 Å². The molecule has 0 aliphatic rings. The lowest BCUT2D eigenvalue weighted by Gasteiger charge is -2.06. The van der Waals surface area contributed by atoms with Crippen molar-refractivity contribution in [3.05, 3.63) is 56.5 Å². The minimum atomic E-state index is 0.496. The summed E-state index contributed by atoms with van der Waals surface area (Å²) < 4.78 is 0. The lowest BCUT2D eigenvalue weighted by Crippen LogP contribution is -1.80. The normalized spacial score (nSPS) is 10.5. The molecule has 0 aliphatic carbocycles. The molecule has 0 aliphatic heterocycles. The first-order chi connectivity index (χ1) is 7.58. The van der Waals surface area contributed by atoms with E-state index in [1.165, 1.54) is 0 Å². The molecular formula is C12H6Cl4. The molecule has 0 saturated carbocycles. The van der Waals surface area contributed by atoms with E-state index < -0.39 is 0 Å². The second-order valence-electron chi connectivity index (χ2n) is 3.25. The highest BCUT2D eigenvalue weighted by Gasteiger charge is 2.06. The zero-order valence-electron chi connectivity index (χ0n) is 7.98. The van der Waals surface area contributed by atoms with Gasteiger partial charge in [0.2, 0.25) is 0 Å². The number of hydrogen-bond donors (Lipinski definition) is 0. The van der Waals surface area contributed by atoms with Crippen molar-refractivity contribution in [1.82, 2.24) is 0 Å². The average Bonchev–Trinajstić information content (AvgIpc) is 2.26. The molecule has 2 aromatic rings. The molecule has 0 N–H and O–H groups in total. The Labute approximate surface area is 114 Å². The Hall–Kier alpha value is -0.400. The highest BCUT2D eigenvalue weighted by Crippen LogP contribution is 2.34. The van der Waals surface area contributed by atoms with Crippen molar-refractivity contribution in [2.75, 3.05) is 0 Å². The minimum absolute atomic E-state index is 0.496. The molecule has 16 heavy (non-hydrogen) atoms. The Morgan fingerprint density at radius 3 is 2.00 bits per heavy atom. The van der Waals surface area contributed by atoms with Crippen LogP contribution in [0.3, 0.4) is 0 Å². The van der Waals surface area contributed by atoms with Crippen LogP contribution in [0.25, 0.3) is 11.1 Å². The van der Waals surface area contributed by atoms with Crippen molar-refractivity contribution < 1.29 is 0 Å². The quantitative estimate of drug-likeness (QED) is 0.609. The Balaban J connectivity index is 2.58. The fraction of sp³-hybridized carbons (Fsp3) is 0. The largest absolute Gasteiger partial charge is 0.0843 e. The predicted molar refractivity (Wildman–Crippen MR) is 71.9 cm³/mol. The number of benzene rings is 2. The molecule has 0 nitrogen and oxygen atoms in total. The molecule has 0 heterocycles. The van der Waals surface area contributed by atoms with Gasteiger partial charge in [-0.2, -0.15) is 0 Å². The SMILES string of the molecule is Cl[13c]1[13cH][13cH][13c](Cl)[13c](-[13c]2[13cH][13cH][13c](Cl)[13c](Cl)[13cH]2)[13cH]1. The molecule has 0 radical (unpaired) electrons. The molecule has 2 aromatic carbocycles. The minimum Gasteiger partial charge on any atom is -0.0843 e. The first-order valence-corrected chi connectivity index (χ1v) is 5.99. The highest BCUT2D eigenvalue weighted by molar-refractivity contribution is 6.42. The Kier molecular flexibility index (Phi) is 3.66. The van der Waals surface area contributed by atoms with Crippen LogP contribution >= 0.6 is 46.4 Å². The van der Waals surface area contributed by atoms with Crippen molar-refractivity contribution >= 4 is 46.4 Å². The molecule has 4 heteroatoms. The average molecular weight is 304 g/mol. The van der Waals surface area contributed by atoms with Gasteiger partial charge in [-0.05, 0) is 35.9 Å². The second kappa shape index (κ2) is 4.85. The van der Waals surface area contributed by atoms with E-state index in [1.54, 1.807) is 30.3 Å². The van der Waals surface area contributed by atoms with Crippen LogP contribution in [0.1, 0.15) is 0 Å². The molecule has 0 spiro atoms. The lowest BCUT2D eigenvalue weighted by atomic mass is 11.1. The van der Waals surface area contributed by atoms with Gasteiger partial charge in [0.1, 0.15) is 0 Å². The summed E-state index contributed by atoms with van der Waals surface area (Å²) in [5.74, 6) is 0. The van der Waals surface area contributed by atoms with Gasteiger partial charge in [0, 0.05) is 15.6 Å². The summed E-state index contributed by atoms with van der Waals surface area (Å²) in [7, 11) is 0. The van der Waals surface area contributed by atoms with E-state index in [1.807, 2.05) is 6.07 Å². The third kappa shape index (κ3) is 2.46. The summed E-state index contributed by atoms with van der Waals surface area (Å²) >= 11 is 23.8. The van der Waals surface area contributed by atoms with Crippen molar-refractivity contribution in [1.29, 1.82) is 0 Å². The number of rotatable bonds is 1. The molecule has 0 fully saturated rings. The fourth-order valence-electron chi connectivity index (χ4n) is 1.38. The number of halogens is 4. The maximum Gasteiger partial charge on any atom is 0.0598 e. The highest BCUT2D eigenvalue weighted by atomic mass is 35.5. The lowest BCUT2D eigenvalue weighted by molar-refractivity contribution is 1.61. The smallest absolute Gasteiger partial charge is 0.0598 e. The molecule has 0 unspecified atom stereocenters. The van der Waals surface area contributed by atoms with E-state index in [-0.39, 0.29) is 0 Å². The summed E-state index contributed by atoms with van der Waals surface area (Å²) in [6.45, 7) is 0. The van der Waals surface area contributed by atoms with Gasteiger partial charge in [0.05, 0.1) is 10.0 Å². The molecular weight excluding hydrogens is 298 g/mol. The van der Waals surface area contributed by atoms with E-state index in [2.05, 4.69) is 0 Å². The van der Waals surface area contributed by atoms with Gasteiger partial charge >= 0.3 is 0 Å². The van der Waals surface area contributed by atoms with E-state index in [4.69, 9.17) is 46.4 Å². The standard InChI is InChI=1S/C12H6Cl4/c13-8-2-4-10(14)9(6-8)7-1-3-11(15)12(16)5-7/h1-6H/i1+1,2+1,3+1,4+1,5+1,6+1,7+1,8+1,9+1,10+1,11+1,12+1. The predicted octanol–water partition coefficient (Wildman–Crippen LogP) is 5.97. The van der Waals surface area contributed by atoms with Crippen LogP contribution in [0.15, 0.2) is 36.4 Å². The summed E-state index contributed by atoms with van der Waals surface area (Å²) in [4.78, 5) is 0. The van der Waals surface area contributed by atoms with E-state index >= 15 is 0 Å². The first kappa shape index (κ1) is 12.1. The summed E-state index contributed by atoms with van der Waals surface area (Å²) in [6.07, 6.45) is 0. The van der Waals surface area contributed by atoms with Crippen LogP contribution in [0.5, 0.6) is 0 Å². The van der Waals surface area contributed by atoms with E-state index in [0.717, 1.165) is 11.1 Å². The Bertz CT molecular complexity index is 535. The topological polar surface area (TPSA) is 0 Å². The van der Waals surface area contributed by atoms with Gasteiger partial charge in [-0.25, -0.2) is 0 Å². The van der Waals surface area contributed by atoms with Crippen LogP contribution in [0.4, 0.5) is 0 Å². The van der Waals surface area contributed by atoms with E-state index in [0.29, 0.717) is 20.1 Å². The van der Waals surface area contributed by atoms with Crippen molar-refractivity contribution in [3.63, 3.8) is 0 Å². The second-order valence-corrected chi connectivity index (χ2v) is 4.91. The molecule has 82 valence electrons. The molecule has 0 aromatic heterocycles.